The molecule has 0 bridgehead atoms. The first-order valence-corrected chi connectivity index (χ1v) is 7.06. The van der Waals surface area contributed by atoms with E-state index in [0.717, 1.165) is 29.7 Å². The molecule has 3 heteroatoms. The second kappa shape index (κ2) is 7.06. The van der Waals surface area contributed by atoms with Crippen molar-refractivity contribution in [2.75, 3.05) is 0 Å². The van der Waals surface area contributed by atoms with Crippen LogP contribution in [-0.4, -0.2) is 11.0 Å². The number of nitrogens with two attached hydrogens (primary N) is 1. The zero-order chi connectivity index (χ0) is 14.4. The van der Waals surface area contributed by atoms with Crippen molar-refractivity contribution in [2.24, 2.45) is 5.73 Å². The predicted molar refractivity (Wildman–Crippen MR) is 81.7 cm³/mol. The molecule has 1 aromatic heterocycles. The zero-order valence-electron chi connectivity index (χ0n) is 12.2. The Morgan fingerprint density at radius 1 is 1.20 bits per heavy atom. The molecule has 2 aromatic rings. The molecule has 0 amide bonds. The molecule has 0 aliphatic heterocycles. The Hall–Kier alpha value is -1.87. The Kier molecular flexibility index (Phi) is 5.13. The third kappa shape index (κ3) is 3.81. The summed E-state index contributed by atoms with van der Waals surface area (Å²) in [6.07, 6.45) is 5.39. The molecule has 3 nitrogen and oxygen atoms in total. The summed E-state index contributed by atoms with van der Waals surface area (Å²) in [7, 11) is 0. The van der Waals surface area contributed by atoms with Crippen LogP contribution in [0.25, 0.3) is 0 Å². The van der Waals surface area contributed by atoms with E-state index in [1.807, 2.05) is 12.1 Å². The molecule has 20 heavy (non-hydrogen) atoms. The van der Waals surface area contributed by atoms with E-state index in [-0.39, 0.29) is 6.04 Å². The summed E-state index contributed by atoms with van der Waals surface area (Å²) in [6, 6.07) is 10.4. The molecule has 1 heterocycles. The summed E-state index contributed by atoms with van der Waals surface area (Å²) in [5.41, 5.74) is 9.53. The van der Waals surface area contributed by atoms with Gasteiger partial charge in [-0.1, -0.05) is 25.1 Å². The van der Waals surface area contributed by atoms with Crippen molar-refractivity contribution in [1.82, 2.24) is 4.98 Å². The second-order valence-corrected chi connectivity index (χ2v) is 5.08. The Balaban J connectivity index is 2.13. The van der Waals surface area contributed by atoms with Gasteiger partial charge in [-0.2, -0.15) is 0 Å². The summed E-state index contributed by atoms with van der Waals surface area (Å²) in [4.78, 5) is 4.01. The Morgan fingerprint density at radius 3 is 2.65 bits per heavy atom. The van der Waals surface area contributed by atoms with Crippen LogP contribution in [0.2, 0.25) is 0 Å². The van der Waals surface area contributed by atoms with Crippen LogP contribution in [0.1, 0.15) is 30.0 Å². The molecule has 0 radical (unpaired) electrons. The van der Waals surface area contributed by atoms with Gasteiger partial charge in [0.15, 0.2) is 0 Å². The SMILES string of the molecule is CCC(N)Cc1cccc(C)c1OCc1ccncc1. The number of rotatable bonds is 6. The Labute approximate surface area is 120 Å². The lowest BCUT2D eigenvalue weighted by atomic mass is 10.0. The average molecular weight is 270 g/mol. The van der Waals surface area contributed by atoms with Gasteiger partial charge >= 0.3 is 0 Å². The number of aryl methyl sites for hydroxylation is 1. The van der Waals surface area contributed by atoms with Gasteiger partial charge in [-0.15, -0.1) is 0 Å². The van der Waals surface area contributed by atoms with Gasteiger partial charge in [-0.05, 0) is 48.6 Å². The minimum atomic E-state index is 0.181. The number of ether oxygens (including phenoxy) is 1. The van der Waals surface area contributed by atoms with Crippen LogP contribution in [0.15, 0.2) is 42.7 Å². The molecule has 0 aliphatic carbocycles. The molecule has 0 fully saturated rings. The van der Waals surface area contributed by atoms with Crippen LogP contribution in [0.4, 0.5) is 0 Å². The monoisotopic (exact) mass is 270 g/mol. The van der Waals surface area contributed by atoms with Crippen LogP contribution in [0.3, 0.4) is 0 Å². The fraction of sp³-hybridized carbons (Fsp3) is 0.353. The highest BCUT2D eigenvalue weighted by Gasteiger charge is 2.10. The van der Waals surface area contributed by atoms with Crippen LogP contribution in [0.5, 0.6) is 5.75 Å². The number of pyridine rings is 1. The Morgan fingerprint density at radius 2 is 1.95 bits per heavy atom. The second-order valence-electron chi connectivity index (χ2n) is 5.08. The van der Waals surface area contributed by atoms with Crippen LogP contribution >= 0.6 is 0 Å². The van der Waals surface area contributed by atoms with Gasteiger partial charge in [0.05, 0.1) is 0 Å². The predicted octanol–water partition coefficient (Wildman–Crippen LogP) is 3.25. The maximum Gasteiger partial charge on any atom is 0.125 e. The van der Waals surface area contributed by atoms with Gasteiger partial charge < -0.3 is 10.5 Å². The molecule has 1 aromatic carbocycles. The van der Waals surface area contributed by atoms with Crippen LogP contribution in [-0.2, 0) is 13.0 Å². The molecule has 0 saturated heterocycles. The van der Waals surface area contributed by atoms with Crippen molar-refractivity contribution in [1.29, 1.82) is 0 Å². The van der Waals surface area contributed by atoms with Gasteiger partial charge in [0.25, 0.3) is 0 Å². The molecular formula is C17H22N2O. The Bertz CT molecular complexity index is 540. The third-order valence-electron chi connectivity index (χ3n) is 3.43. The molecule has 2 rings (SSSR count). The first kappa shape index (κ1) is 14.5. The third-order valence-corrected chi connectivity index (χ3v) is 3.43. The molecule has 2 N–H and O–H groups in total. The summed E-state index contributed by atoms with van der Waals surface area (Å²) in [5, 5.41) is 0. The maximum absolute atomic E-state index is 6.07. The quantitative estimate of drug-likeness (QED) is 0.876. The minimum Gasteiger partial charge on any atom is -0.488 e. The molecule has 106 valence electrons. The van der Waals surface area contributed by atoms with Crippen LogP contribution in [0, 0.1) is 6.92 Å². The van der Waals surface area contributed by atoms with Crippen molar-refractivity contribution in [3.8, 4) is 5.75 Å². The summed E-state index contributed by atoms with van der Waals surface area (Å²) >= 11 is 0. The lowest BCUT2D eigenvalue weighted by molar-refractivity contribution is 0.300. The van der Waals surface area contributed by atoms with E-state index in [2.05, 4.69) is 37.0 Å². The van der Waals surface area contributed by atoms with E-state index >= 15 is 0 Å². The van der Waals surface area contributed by atoms with E-state index in [1.54, 1.807) is 12.4 Å². The number of hydrogen-bond donors (Lipinski definition) is 1. The number of nitrogens with zero attached hydrogens (tertiary/aromatic N) is 1. The topological polar surface area (TPSA) is 48.1 Å². The first-order valence-electron chi connectivity index (χ1n) is 7.06. The lowest BCUT2D eigenvalue weighted by Gasteiger charge is -2.16. The minimum absolute atomic E-state index is 0.181. The fourth-order valence-corrected chi connectivity index (χ4v) is 2.14. The highest BCUT2D eigenvalue weighted by Crippen LogP contribution is 2.25. The molecule has 1 atom stereocenters. The van der Waals surface area contributed by atoms with E-state index < -0.39 is 0 Å². The number of aromatic nitrogens is 1. The normalized spacial score (nSPS) is 12.2. The number of benzene rings is 1. The van der Waals surface area contributed by atoms with Crippen molar-refractivity contribution in [3.05, 3.63) is 59.4 Å². The van der Waals surface area contributed by atoms with Gasteiger partial charge in [-0.3, -0.25) is 4.98 Å². The zero-order valence-corrected chi connectivity index (χ0v) is 12.2. The van der Waals surface area contributed by atoms with E-state index in [0.29, 0.717) is 6.61 Å². The largest absolute Gasteiger partial charge is 0.488 e. The molecule has 0 saturated carbocycles. The van der Waals surface area contributed by atoms with Crippen molar-refractivity contribution >= 4 is 0 Å². The fourth-order valence-electron chi connectivity index (χ4n) is 2.14. The van der Waals surface area contributed by atoms with E-state index in [9.17, 15) is 0 Å². The van der Waals surface area contributed by atoms with E-state index in [4.69, 9.17) is 10.5 Å². The molecule has 0 aliphatic rings. The summed E-state index contributed by atoms with van der Waals surface area (Å²) in [5.74, 6) is 0.966. The highest BCUT2D eigenvalue weighted by molar-refractivity contribution is 5.41. The van der Waals surface area contributed by atoms with Crippen LogP contribution < -0.4 is 10.5 Å². The van der Waals surface area contributed by atoms with Crippen molar-refractivity contribution < 1.29 is 4.74 Å². The smallest absolute Gasteiger partial charge is 0.125 e. The molecule has 1 unspecified atom stereocenters. The lowest BCUT2D eigenvalue weighted by Crippen LogP contribution is -2.21. The summed E-state index contributed by atoms with van der Waals surface area (Å²) in [6.45, 7) is 4.74. The van der Waals surface area contributed by atoms with Gasteiger partial charge in [0.1, 0.15) is 12.4 Å². The van der Waals surface area contributed by atoms with Gasteiger partial charge in [0.2, 0.25) is 0 Å². The average Bonchev–Trinajstić information content (AvgIpc) is 2.47. The highest BCUT2D eigenvalue weighted by atomic mass is 16.5. The summed E-state index contributed by atoms with van der Waals surface area (Å²) < 4.78 is 6.02. The first-order chi connectivity index (χ1) is 9.70. The molecular weight excluding hydrogens is 248 g/mol. The standard InChI is InChI=1S/C17H22N2O/c1-3-16(18)11-15-6-4-5-13(2)17(15)20-12-14-7-9-19-10-8-14/h4-10,16H,3,11-12,18H2,1-2H3. The van der Waals surface area contributed by atoms with E-state index in [1.165, 1.54) is 5.56 Å². The van der Waals surface area contributed by atoms with Gasteiger partial charge in [0, 0.05) is 18.4 Å². The molecule has 0 spiro atoms. The number of hydrogen-bond acceptors (Lipinski definition) is 3. The van der Waals surface area contributed by atoms with Crippen molar-refractivity contribution in [2.45, 2.75) is 39.3 Å². The van der Waals surface area contributed by atoms with Gasteiger partial charge in [-0.25, -0.2) is 0 Å². The number of para-hydroxylation sites is 1. The van der Waals surface area contributed by atoms with Crippen molar-refractivity contribution in [3.63, 3.8) is 0 Å². The maximum atomic E-state index is 6.07.